The topological polar surface area (TPSA) is 127 Å². The van der Waals surface area contributed by atoms with E-state index in [0.717, 1.165) is 12.3 Å². The predicted molar refractivity (Wildman–Crippen MR) is 89.7 cm³/mol. The lowest BCUT2D eigenvalue weighted by atomic mass is 9.93. The molecule has 0 unspecified atom stereocenters. The minimum atomic E-state index is -3.65. The Labute approximate surface area is 144 Å². The summed E-state index contributed by atoms with van der Waals surface area (Å²) in [6, 6.07) is 4.86. The lowest BCUT2D eigenvalue weighted by Gasteiger charge is -2.12. The Bertz CT molecular complexity index is 938. The summed E-state index contributed by atoms with van der Waals surface area (Å²) in [7, 11) is -3.65. The molecule has 0 fully saturated rings. The van der Waals surface area contributed by atoms with Crippen molar-refractivity contribution in [1.82, 2.24) is 5.16 Å². The Balaban J connectivity index is 2.36. The van der Waals surface area contributed by atoms with Gasteiger partial charge in [0.2, 0.25) is 0 Å². The van der Waals surface area contributed by atoms with Crippen molar-refractivity contribution in [2.24, 2.45) is 0 Å². The fourth-order valence-corrected chi connectivity index (χ4v) is 2.62. The van der Waals surface area contributed by atoms with Crippen molar-refractivity contribution in [3.05, 3.63) is 41.3 Å². The number of aromatic carboxylic acids is 1. The molecule has 0 spiro atoms. The third-order valence-electron chi connectivity index (χ3n) is 3.32. The summed E-state index contributed by atoms with van der Waals surface area (Å²) in [5.74, 6) is -1.44. The average molecular weight is 366 g/mol. The molecule has 1 aromatic heterocycles. The number of carbonyl (C=O) groups excluding carboxylic acids is 1. The second-order valence-electron chi connectivity index (χ2n) is 6.60. The molecule has 0 aliphatic heterocycles. The van der Waals surface area contributed by atoms with Crippen molar-refractivity contribution in [2.45, 2.75) is 31.1 Å². The van der Waals surface area contributed by atoms with Crippen LogP contribution in [-0.4, -0.2) is 36.8 Å². The van der Waals surface area contributed by atoms with E-state index in [-0.39, 0.29) is 27.3 Å². The number of nitrogens with one attached hydrogen (secondary N) is 1. The minimum Gasteiger partial charge on any atom is -0.478 e. The van der Waals surface area contributed by atoms with Crippen LogP contribution in [0.1, 0.15) is 47.4 Å². The van der Waals surface area contributed by atoms with E-state index in [1.807, 2.05) is 20.8 Å². The summed E-state index contributed by atoms with van der Waals surface area (Å²) in [6.07, 6.45) is 0.951. The van der Waals surface area contributed by atoms with Crippen LogP contribution in [0.15, 0.2) is 33.7 Å². The van der Waals surface area contributed by atoms with Crippen LogP contribution in [-0.2, 0) is 15.3 Å². The van der Waals surface area contributed by atoms with E-state index in [4.69, 9.17) is 9.63 Å². The number of nitrogens with zero attached hydrogens (tertiary/aromatic N) is 1. The van der Waals surface area contributed by atoms with Crippen LogP contribution in [0.3, 0.4) is 0 Å². The maximum atomic E-state index is 12.3. The number of aromatic nitrogens is 1. The summed E-state index contributed by atoms with van der Waals surface area (Å²) in [5.41, 5.74) is -0.552. The zero-order chi connectivity index (χ0) is 19.0. The molecule has 134 valence electrons. The van der Waals surface area contributed by atoms with E-state index in [1.165, 1.54) is 18.2 Å². The molecule has 0 bridgehead atoms. The van der Waals surface area contributed by atoms with Crippen LogP contribution in [0, 0.1) is 0 Å². The fourth-order valence-electron chi connectivity index (χ4n) is 1.94. The van der Waals surface area contributed by atoms with Crippen molar-refractivity contribution in [3.8, 4) is 0 Å². The van der Waals surface area contributed by atoms with Crippen molar-refractivity contribution in [1.29, 1.82) is 0 Å². The monoisotopic (exact) mass is 366 g/mol. The van der Waals surface area contributed by atoms with E-state index >= 15 is 0 Å². The van der Waals surface area contributed by atoms with Crippen LogP contribution in [0.4, 0.5) is 5.69 Å². The van der Waals surface area contributed by atoms with Gasteiger partial charge in [0.25, 0.3) is 5.91 Å². The number of amides is 1. The van der Waals surface area contributed by atoms with Gasteiger partial charge in [-0.15, -0.1) is 0 Å². The second kappa shape index (κ2) is 6.32. The van der Waals surface area contributed by atoms with Gasteiger partial charge in [-0.2, -0.15) is 0 Å². The lowest BCUT2D eigenvalue weighted by Crippen LogP contribution is -2.14. The molecule has 2 rings (SSSR count). The van der Waals surface area contributed by atoms with Gasteiger partial charge in [-0.3, -0.25) is 4.79 Å². The summed E-state index contributed by atoms with van der Waals surface area (Å²) in [6.45, 7) is 5.68. The van der Waals surface area contributed by atoms with Crippen LogP contribution >= 0.6 is 0 Å². The SMILES string of the molecule is CC(C)(C)c1cc(C(=O)Nc2cc(C(=O)O)cc(S(C)(=O)=O)c2)no1. The molecular formula is C16H18N2O6S. The van der Waals surface area contributed by atoms with Crippen molar-refractivity contribution >= 4 is 27.4 Å². The molecule has 8 nitrogen and oxygen atoms in total. The molecule has 1 aromatic carbocycles. The zero-order valence-electron chi connectivity index (χ0n) is 14.2. The first kappa shape index (κ1) is 18.7. The van der Waals surface area contributed by atoms with E-state index in [1.54, 1.807) is 0 Å². The van der Waals surface area contributed by atoms with E-state index < -0.39 is 21.7 Å². The minimum absolute atomic E-state index is 0.00607. The number of hydrogen-bond donors (Lipinski definition) is 2. The second-order valence-corrected chi connectivity index (χ2v) is 8.62. The van der Waals surface area contributed by atoms with E-state index in [0.29, 0.717) is 5.76 Å². The van der Waals surface area contributed by atoms with Gasteiger partial charge in [0, 0.05) is 23.4 Å². The van der Waals surface area contributed by atoms with Crippen molar-refractivity contribution < 1.29 is 27.6 Å². The van der Waals surface area contributed by atoms with Gasteiger partial charge in [-0.25, -0.2) is 13.2 Å². The number of benzene rings is 1. The number of carboxylic acids is 1. The number of anilines is 1. The first-order chi connectivity index (χ1) is 11.4. The highest BCUT2D eigenvalue weighted by Crippen LogP contribution is 2.24. The van der Waals surface area contributed by atoms with Gasteiger partial charge < -0.3 is 14.9 Å². The largest absolute Gasteiger partial charge is 0.478 e. The predicted octanol–water partition coefficient (Wildman–Crippen LogP) is 2.33. The highest BCUT2D eigenvalue weighted by atomic mass is 32.2. The quantitative estimate of drug-likeness (QED) is 0.850. The molecule has 0 radical (unpaired) electrons. The highest BCUT2D eigenvalue weighted by Gasteiger charge is 2.22. The third kappa shape index (κ3) is 4.44. The summed E-state index contributed by atoms with van der Waals surface area (Å²) in [4.78, 5) is 23.2. The maximum absolute atomic E-state index is 12.3. The number of hydrogen-bond acceptors (Lipinski definition) is 6. The lowest BCUT2D eigenvalue weighted by molar-refractivity contribution is 0.0696. The van der Waals surface area contributed by atoms with E-state index in [2.05, 4.69) is 10.5 Å². The van der Waals surface area contributed by atoms with Crippen LogP contribution in [0.5, 0.6) is 0 Å². The number of sulfone groups is 1. The Kier molecular flexibility index (Phi) is 4.72. The highest BCUT2D eigenvalue weighted by molar-refractivity contribution is 7.90. The van der Waals surface area contributed by atoms with Gasteiger partial charge in [0.1, 0.15) is 5.76 Å². The smallest absolute Gasteiger partial charge is 0.335 e. The molecule has 1 amide bonds. The normalized spacial score (nSPS) is 12.0. The molecule has 0 saturated carbocycles. The molecule has 2 N–H and O–H groups in total. The molecule has 9 heteroatoms. The number of carboxylic acid groups (broad SMARTS) is 1. The maximum Gasteiger partial charge on any atom is 0.335 e. The molecule has 1 heterocycles. The van der Waals surface area contributed by atoms with E-state index in [9.17, 15) is 18.0 Å². The average Bonchev–Trinajstić information content (AvgIpc) is 2.95. The molecule has 25 heavy (non-hydrogen) atoms. The first-order valence-electron chi connectivity index (χ1n) is 7.25. The van der Waals surface area contributed by atoms with Gasteiger partial charge in [0.05, 0.1) is 10.5 Å². The molecule has 0 saturated heterocycles. The Morgan fingerprint density at radius 1 is 1.16 bits per heavy atom. The summed E-state index contributed by atoms with van der Waals surface area (Å²) >= 11 is 0. The molecule has 0 aliphatic carbocycles. The van der Waals surface area contributed by atoms with Crippen molar-refractivity contribution in [3.63, 3.8) is 0 Å². The fraction of sp³-hybridized carbons (Fsp3) is 0.312. The van der Waals surface area contributed by atoms with Crippen molar-refractivity contribution in [2.75, 3.05) is 11.6 Å². The van der Waals surface area contributed by atoms with Crippen LogP contribution in [0.25, 0.3) is 0 Å². The standard InChI is InChI=1S/C16H18N2O6S/c1-16(2,3)13-8-12(18-24-13)14(19)17-10-5-9(15(20)21)6-11(7-10)25(4,22)23/h5-8H,1-4H3,(H,17,19)(H,20,21). The molecule has 2 aromatic rings. The Hall–Kier alpha value is -2.68. The molecular weight excluding hydrogens is 348 g/mol. The Morgan fingerprint density at radius 2 is 1.80 bits per heavy atom. The van der Waals surface area contributed by atoms with Gasteiger partial charge in [0.15, 0.2) is 15.5 Å². The van der Waals surface area contributed by atoms with Crippen LogP contribution in [0.2, 0.25) is 0 Å². The zero-order valence-corrected chi connectivity index (χ0v) is 15.0. The van der Waals surface area contributed by atoms with Crippen LogP contribution < -0.4 is 5.32 Å². The van der Waals surface area contributed by atoms with Gasteiger partial charge in [-0.1, -0.05) is 25.9 Å². The molecule has 0 atom stereocenters. The third-order valence-corrected chi connectivity index (χ3v) is 4.41. The number of carbonyl (C=O) groups is 2. The Morgan fingerprint density at radius 3 is 2.28 bits per heavy atom. The van der Waals surface area contributed by atoms with Gasteiger partial charge in [-0.05, 0) is 18.2 Å². The summed E-state index contributed by atoms with van der Waals surface area (Å²) < 4.78 is 28.5. The molecule has 0 aliphatic rings. The summed E-state index contributed by atoms with van der Waals surface area (Å²) in [5, 5.41) is 15.2. The number of rotatable bonds is 4. The first-order valence-corrected chi connectivity index (χ1v) is 9.14. The van der Waals surface area contributed by atoms with Gasteiger partial charge >= 0.3 is 5.97 Å².